The van der Waals surface area contributed by atoms with Gasteiger partial charge in [0.2, 0.25) is 5.88 Å². The van der Waals surface area contributed by atoms with Crippen molar-refractivity contribution in [2.24, 2.45) is 0 Å². The first-order valence-electron chi connectivity index (χ1n) is 6.02. The van der Waals surface area contributed by atoms with Crippen LogP contribution in [-0.2, 0) is 6.42 Å². The molecule has 1 aromatic heterocycles. The Morgan fingerprint density at radius 2 is 1.89 bits per heavy atom. The van der Waals surface area contributed by atoms with Crippen molar-refractivity contribution < 1.29 is 9.84 Å². The van der Waals surface area contributed by atoms with Crippen molar-refractivity contribution in [2.75, 3.05) is 7.11 Å². The van der Waals surface area contributed by atoms with E-state index < -0.39 is 6.10 Å². The molecule has 1 N–H and O–H groups in total. The van der Waals surface area contributed by atoms with Gasteiger partial charge in [0, 0.05) is 11.8 Å². The summed E-state index contributed by atoms with van der Waals surface area (Å²) in [5.74, 6) is 0.613. The van der Waals surface area contributed by atoms with E-state index in [2.05, 4.69) is 4.98 Å². The summed E-state index contributed by atoms with van der Waals surface area (Å²) in [6.07, 6.45) is 0.941. The molecule has 2 rings (SSSR count). The van der Waals surface area contributed by atoms with E-state index in [1.165, 1.54) is 0 Å². The number of hydrogen-bond donors (Lipinski definition) is 1. The van der Waals surface area contributed by atoms with Crippen LogP contribution in [0, 0.1) is 0 Å². The molecule has 0 aliphatic heterocycles. The van der Waals surface area contributed by atoms with Crippen LogP contribution in [0.15, 0.2) is 48.5 Å². The van der Waals surface area contributed by atoms with E-state index in [-0.39, 0.29) is 0 Å². The number of benzene rings is 1. The van der Waals surface area contributed by atoms with Crippen molar-refractivity contribution in [1.82, 2.24) is 4.98 Å². The highest BCUT2D eigenvalue weighted by atomic mass is 16.5. The largest absolute Gasteiger partial charge is 0.481 e. The second-order valence-electron chi connectivity index (χ2n) is 4.14. The molecular formula is C15H17NO2. The molecule has 0 radical (unpaired) electrons. The third kappa shape index (κ3) is 3.31. The predicted molar refractivity (Wildman–Crippen MR) is 70.5 cm³/mol. The van der Waals surface area contributed by atoms with E-state index in [1.807, 2.05) is 48.5 Å². The topological polar surface area (TPSA) is 42.4 Å². The molecule has 0 fully saturated rings. The number of aromatic nitrogens is 1. The van der Waals surface area contributed by atoms with Gasteiger partial charge in [0.1, 0.15) is 0 Å². The molecule has 94 valence electrons. The van der Waals surface area contributed by atoms with Gasteiger partial charge in [-0.15, -0.1) is 0 Å². The average Bonchev–Trinajstić information content (AvgIpc) is 2.46. The van der Waals surface area contributed by atoms with Crippen molar-refractivity contribution in [1.29, 1.82) is 0 Å². The summed E-state index contributed by atoms with van der Waals surface area (Å²) in [7, 11) is 1.60. The number of nitrogens with zero attached hydrogens (tertiary/aromatic N) is 1. The smallest absolute Gasteiger partial charge is 0.213 e. The zero-order valence-electron chi connectivity index (χ0n) is 10.4. The molecule has 0 bridgehead atoms. The molecule has 1 heterocycles. The minimum Gasteiger partial charge on any atom is -0.481 e. The first-order valence-corrected chi connectivity index (χ1v) is 6.02. The summed E-state index contributed by atoms with van der Waals surface area (Å²) in [5, 5.41) is 10.0. The fourth-order valence-electron chi connectivity index (χ4n) is 1.84. The van der Waals surface area contributed by atoms with Gasteiger partial charge in [0.25, 0.3) is 0 Å². The Balaban J connectivity index is 1.95. The minimum atomic E-state index is -0.445. The molecule has 1 aromatic carbocycles. The second-order valence-corrected chi connectivity index (χ2v) is 4.14. The van der Waals surface area contributed by atoms with Gasteiger partial charge in [-0.25, -0.2) is 4.98 Å². The van der Waals surface area contributed by atoms with Crippen LogP contribution >= 0.6 is 0 Å². The minimum absolute atomic E-state index is 0.445. The van der Waals surface area contributed by atoms with Crippen LogP contribution in [-0.4, -0.2) is 17.2 Å². The summed E-state index contributed by atoms with van der Waals surface area (Å²) in [4.78, 5) is 4.32. The van der Waals surface area contributed by atoms with Crippen molar-refractivity contribution in [3.05, 3.63) is 59.8 Å². The van der Waals surface area contributed by atoms with E-state index >= 15 is 0 Å². The van der Waals surface area contributed by atoms with E-state index in [0.29, 0.717) is 12.3 Å². The van der Waals surface area contributed by atoms with Gasteiger partial charge in [-0.2, -0.15) is 0 Å². The third-order valence-corrected chi connectivity index (χ3v) is 2.85. The molecule has 18 heavy (non-hydrogen) atoms. The van der Waals surface area contributed by atoms with Crippen molar-refractivity contribution in [2.45, 2.75) is 18.9 Å². The summed E-state index contributed by atoms with van der Waals surface area (Å²) in [5.41, 5.74) is 1.88. The van der Waals surface area contributed by atoms with Gasteiger partial charge in [-0.05, 0) is 24.5 Å². The third-order valence-electron chi connectivity index (χ3n) is 2.85. The molecule has 3 heteroatoms. The molecule has 0 saturated heterocycles. The van der Waals surface area contributed by atoms with Crippen LogP contribution in [0.3, 0.4) is 0 Å². The number of rotatable bonds is 5. The van der Waals surface area contributed by atoms with E-state index in [1.54, 1.807) is 7.11 Å². The van der Waals surface area contributed by atoms with Gasteiger partial charge in [-0.3, -0.25) is 0 Å². The molecule has 1 unspecified atom stereocenters. The van der Waals surface area contributed by atoms with Crippen molar-refractivity contribution >= 4 is 0 Å². The fourth-order valence-corrected chi connectivity index (χ4v) is 1.84. The Morgan fingerprint density at radius 1 is 1.11 bits per heavy atom. The summed E-state index contributed by atoms with van der Waals surface area (Å²) in [6.45, 7) is 0. The Morgan fingerprint density at radius 3 is 2.61 bits per heavy atom. The van der Waals surface area contributed by atoms with E-state index in [9.17, 15) is 5.11 Å². The lowest BCUT2D eigenvalue weighted by molar-refractivity contribution is 0.167. The highest BCUT2D eigenvalue weighted by Gasteiger charge is 2.07. The quantitative estimate of drug-likeness (QED) is 0.878. The maximum absolute atomic E-state index is 10.0. The maximum Gasteiger partial charge on any atom is 0.213 e. The van der Waals surface area contributed by atoms with E-state index in [4.69, 9.17) is 4.74 Å². The molecule has 2 aromatic rings. The monoisotopic (exact) mass is 243 g/mol. The molecular weight excluding hydrogens is 226 g/mol. The lowest BCUT2D eigenvalue weighted by Crippen LogP contribution is -2.01. The van der Waals surface area contributed by atoms with Crippen molar-refractivity contribution in [3.8, 4) is 5.88 Å². The number of methoxy groups -OCH3 is 1. The summed E-state index contributed by atoms with van der Waals surface area (Å²) < 4.78 is 5.07. The first-order chi connectivity index (χ1) is 8.79. The highest BCUT2D eigenvalue weighted by Crippen LogP contribution is 2.18. The molecule has 1 atom stereocenters. The van der Waals surface area contributed by atoms with Crippen LogP contribution < -0.4 is 4.74 Å². The Hall–Kier alpha value is -1.87. The zero-order valence-corrected chi connectivity index (χ0v) is 10.4. The second kappa shape index (κ2) is 6.17. The van der Waals surface area contributed by atoms with Gasteiger partial charge >= 0.3 is 0 Å². The number of pyridine rings is 1. The number of aryl methyl sites for hydroxylation is 1. The molecule has 0 amide bonds. The molecule has 3 nitrogen and oxygen atoms in total. The lowest BCUT2D eigenvalue weighted by atomic mass is 10.0. The molecule has 0 saturated carbocycles. The Labute approximate surface area is 107 Å². The van der Waals surface area contributed by atoms with Crippen LogP contribution in [0.1, 0.15) is 23.8 Å². The van der Waals surface area contributed by atoms with Crippen molar-refractivity contribution in [3.63, 3.8) is 0 Å². The van der Waals surface area contributed by atoms with Crippen LogP contribution in [0.5, 0.6) is 5.88 Å². The number of aliphatic hydroxyl groups excluding tert-OH is 1. The number of ether oxygens (including phenoxy) is 1. The van der Waals surface area contributed by atoms with Gasteiger partial charge in [0.05, 0.1) is 13.2 Å². The van der Waals surface area contributed by atoms with Crippen LogP contribution in [0.4, 0.5) is 0 Å². The molecule has 0 aliphatic carbocycles. The van der Waals surface area contributed by atoms with Gasteiger partial charge in [0.15, 0.2) is 0 Å². The molecule has 0 aliphatic rings. The zero-order chi connectivity index (χ0) is 12.8. The Bertz CT molecular complexity index is 485. The normalized spacial score (nSPS) is 12.1. The SMILES string of the molecule is COc1cccc(CCC(O)c2ccccc2)n1. The standard InChI is InChI=1S/C15H17NO2/c1-18-15-9-5-8-13(16-15)10-11-14(17)12-6-3-2-4-7-12/h2-9,14,17H,10-11H2,1H3. The summed E-state index contributed by atoms with van der Waals surface area (Å²) in [6, 6.07) is 15.4. The van der Waals surface area contributed by atoms with E-state index in [0.717, 1.165) is 17.7 Å². The maximum atomic E-state index is 10.0. The van der Waals surface area contributed by atoms with Crippen LogP contribution in [0.2, 0.25) is 0 Å². The number of hydrogen-bond acceptors (Lipinski definition) is 3. The fraction of sp³-hybridized carbons (Fsp3) is 0.267. The lowest BCUT2D eigenvalue weighted by Gasteiger charge is -2.10. The first kappa shape index (κ1) is 12.6. The number of aliphatic hydroxyl groups is 1. The average molecular weight is 243 g/mol. The van der Waals surface area contributed by atoms with Gasteiger partial charge < -0.3 is 9.84 Å². The molecule has 0 spiro atoms. The van der Waals surface area contributed by atoms with Crippen LogP contribution in [0.25, 0.3) is 0 Å². The summed E-state index contributed by atoms with van der Waals surface area (Å²) >= 11 is 0. The highest BCUT2D eigenvalue weighted by molar-refractivity contribution is 5.19. The predicted octanol–water partition coefficient (Wildman–Crippen LogP) is 2.76. The Kier molecular flexibility index (Phi) is 4.31. The van der Waals surface area contributed by atoms with Gasteiger partial charge in [-0.1, -0.05) is 36.4 Å².